The second-order valence-electron chi connectivity index (χ2n) is 6.58. The van der Waals surface area contributed by atoms with E-state index in [1.54, 1.807) is 25.3 Å². The molecular formula is C19H19NO5S2. The van der Waals surface area contributed by atoms with Crippen molar-refractivity contribution >= 4 is 27.1 Å². The van der Waals surface area contributed by atoms with Gasteiger partial charge in [-0.05, 0) is 41.7 Å². The molecule has 0 amide bonds. The summed E-state index contributed by atoms with van der Waals surface area (Å²) >= 11 is 0.948. The number of nitrogens with zero attached hydrogens (tertiary/aromatic N) is 1. The van der Waals surface area contributed by atoms with Crippen LogP contribution in [0.1, 0.15) is 29.5 Å². The Bertz CT molecular complexity index is 961. The van der Waals surface area contributed by atoms with Crippen molar-refractivity contribution < 1.29 is 22.7 Å². The number of ether oxygens (including phenoxy) is 2. The topological polar surface area (TPSA) is 72.9 Å². The third-order valence-corrected chi connectivity index (χ3v) is 7.34. The molecule has 2 aliphatic rings. The second-order valence-corrected chi connectivity index (χ2v) is 9.47. The van der Waals surface area contributed by atoms with Crippen molar-refractivity contribution in [3.05, 3.63) is 59.7 Å². The summed E-state index contributed by atoms with van der Waals surface area (Å²) in [6, 6.07) is 14.7. The van der Waals surface area contributed by atoms with Crippen LogP contribution in [0.3, 0.4) is 0 Å². The average molecular weight is 405 g/mol. The Labute approximate surface area is 162 Å². The lowest BCUT2D eigenvalue weighted by Gasteiger charge is -2.22. The highest BCUT2D eigenvalue weighted by atomic mass is 32.2. The molecule has 0 bridgehead atoms. The Kier molecular flexibility index (Phi) is 4.88. The Hall–Kier alpha value is -2.03. The minimum Gasteiger partial charge on any atom is -0.497 e. The lowest BCUT2D eigenvalue weighted by atomic mass is 9.94. The van der Waals surface area contributed by atoms with Crippen LogP contribution >= 0.6 is 11.9 Å². The van der Waals surface area contributed by atoms with E-state index in [0.29, 0.717) is 24.3 Å². The van der Waals surface area contributed by atoms with Gasteiger partial charge in [-0.2, -0.15) is 0 Å². The summed E-state index contributed by atoms with van der Waals surface area (Å²) in [5.41, 5.74) is 1.82. The summed E-state index contributed by atoms with van der Waals surface area (Å²) < 4.78 is 37.7. The summed E-state index contributed by atoms with van der Waals surface area (Å²) in [6.45, 7) is 0.630. The highest BCUT2D eigenvalue weighted by molar-refractivity contribution is 8.11. The van der Waals surface area contributed by atoms with Crippen molar-refractivity contribution in [1.82, 2.24) is 4.31 Å². The normalized spacial score (nSPS) is 24.7. The minimum atomic E-state index is -3.74. The molecular weight excluding hydrogens is 386 g/mol. The minimum absolute atomic E-state index is 0.192. The zero-order chi connectivity index (χ0) is 19.0. The Morgan fingerprint density at radius 2 is 1.96 bits per heavy atom. The van der Waals surface area contributed by atoms with Crippen molar-refractivity contribution in [3.63, 3.8) is 0 Å². The van der Waals surface area contributed by atoms with Crippen LogP contribution in [0.5, 0.6) is 5.75 Å². The van der Waals surface area contributed by atoms with E-state index in [9.17, 15) is 13.2 Å². The van der Waals surface area contributed by atoms with E-state index in [-0.39, 0.29) is 16.9 Å². The van der Waals surface area contributed by atoms with E-state index in [4.69, 9.17) is 9.47 Å². The first-order valence-corrected chi connectivity index (χ1v) is 11.0. The number of sulfone groups is 1. The lowest BCUT2D eigenvalue weighted by Crippen LogP contribution is -2.18. The number of carbonyl (C=O) groups is 1. The third kappa shape index (κ3) is 3.56. The van der Waals surface area contributed by atoms with Crippen molar-refractivity contribution in [2.45, 2.75) is 23.3 Å². The van der Waals surface area contributed by atoms with E-state index in [1.165, 1.54) is 5.56 Å². The van der Waals surface area contributed by atoms with Crippen LogP contribution < -0.4 is 4.74 Å². The van der Waals surface area contributed by atoms with Crippen LogP contribution in [0.25, 0.3) is 0 Å². The molecule has 1 saturated heterocycles. The van der Waals surface area contributed by atoms with Crippen LogP contribution in [0.2, 0.25) is 0 Å². The molecule has 2 aromatic carbocycles. The standard InChI is InChI=1S/C19H19NO5S2/c1-24-15-7-8-18-16(10-15)17-9-14(13-5-3-2-4-6-13)11-20(17)26-19(21)25-12-27(18,22)23/h2-8,10,14,17H,9,11-12H2,1H3/t14-,17-/m1/s1. The second kappa shape index (κ2) is 7.18. The van der Waals surface area contributed by atoms with Crippen LogP contribution in [-0.2, 0) is 14.6 Å². The summed E-state index contributed by atoms with van der Waals surface area (Å²) in [6.07, 6.45) is 0.708. The maximum Gasteiger partial charge on any atom is 0.383 e. The molecule has 2 atom stereocenters. The molecule has 0 spiro atoms. The predicted octanol–water partition coefficient (Wildman–Crippen LogP) is 3.76. The molecule has 1 fully saturated rings. The highest BCUT2D eigenvalue weighted by Gasteiger charge is 2.40. The van der Waals surface area contributed by atoms with Crippen LogP contribution in [-0.4, -0.2) is 37.6 Å². The molecule has 0 aromatic heterocycles. The summed E-state index contributed by atoms with van der Waals surface area (Å²) in [5, 5.41) is -0.600. The fourth-order valence-electron chi connectivity index (χ4n) is 3.66. The largest absolute Gasteiger partial charge is 0.497 e. The van der Waals surface area contributed by atoms with Crippen LogP contribution in [0.15, 0.2) is 53.4 Å². The predicted molar refractivity (Wildman–Crippen MR) is 102 cm³/mol. The molecule has 4 rings (SSSR count). The van der Waals surface area contributed by atoms with Gasteiger partial charge in [-0.25, -0.2) is 17.5 Å². The van der Waals surface area contributed by atoms with Gasteiger partial charge in [0.1, 0.15) is 5.75 Å². The fraction of sp³-hybridized carbons (Fsp3) is 0.316. The van der Waals surface area contributed by atoms with Gasteiger partial charge in [0.15, 0.2) is 5.94 Å². The van der Waals surface area contributed by atoms with Crippen molar-refractivity contribution in [1.29, 1.82) is 0 Å². The monoisotopic (exact) mass is 405 g/mol. The maximum absolute atomic E-state index is 12.7. The maximum atomic E-state index is 12.7. The van der Waals surface area contributed by atoms with Crippen molar-refractivity contribution in [3.8, 4) is 5.75 Å². The van der Waals surface area contributed by atoms with E-state index < -0.39 is 21.1 Å². The molecule has 0 N–H and O–H groups in total. The molecule has 0 unspecified atom stereocenters. The number of rotatable bonds is 2. The van der Waals surface area contributed by atoms with Gasteiger partial charge in [0.2, 0.25) is 9.84 Å². The molecule has 2 heterocycles. The lowest BCUT2D eigenvalue weighted by molar-refractivity contribution is 0.191. The molecule has 0 radical (unpaired) electrons. The number of benzene rings is 2. The molecule has 2 aromatic rings. The van der Waals surface area contributed by atoms with E-state index >= 15 is 0 Å². The summed E-state index contributed by atoms with van der Waals surface area (Å²) in [5.74, 6) is 0.127. The first kappa shape index (κ1) is 18.3. The number of hydrogen-bond acceptors (Lipinski definition) is 7. The zero-order valence-corrected chi connectivity index (χ0v) is 16.3. The number of methoxy groups -OCH3 is 1. The first-order valence-electron chi connectivity index (χ1n) is 8.55. The quantitative estimate of drug-likeness (QED) is 0.556. The van der Waals surface area contributed by atoms with E-state index in [0.717, 1.165) is 11.9 Å². The molecule has 0 aliphatic carbocycles. The fourth-order valence-corrected chi connectivity index (χ4v) is 5.84. The summed E-state index contributed by atoms with van der Waals surface area (Å²) in [7, 11) is -2.19. The van der Waals surface area contributed by atoms with Gasteiger partial charge in [0, 0.05) is 24.5 Å². The third-order valence-electron chi connectivity index (χ3n) is 4.96. The van der Waals surface area contributed by atoms with Gasteiger partial charge < -0.3 is 9.47 Å². The Morgan fingerprint density at radius 3 is 2.70 bits per heavy atom. The van der Waals surface area contributed by atoms with Gasteiger partial charge in [-0.15, -0.1) is 0 Å². The SMILES string of the molecule is COc1ccc2c(c1)[C@H]1C[C@@H](c3ccccc3)CN1SC(=O)OCS2(=O)=O. The number of fused-ring (bicyclic) bond motifs is 3. The smallest absolute Gasteiger partial charge is 0.383 e. The molecule has 2 aliphatic heterocycles. The van der Waals surface area contributed by atoms with Gasteiger partial charge >= 0.3 is 5.30 Å². The number of carbonyl (C=O) groups excluding carboxylic acids is 1. The van der Waals surface area contributed by atoms with E-state index in [2.05, 4.69) is 12.1 Å². The van der Waals surface area contributed by atoms with Gasteiger partial charge in [-0.3, -0.25) is 0 Å². The van der Waals surface area contributed by atoms with Crippen molar-refractivity contribution in [2.75, 3.05) is 19.6 Å². The zero-order valence-electron chi connectivity index (χ0n) is 14.7. The van der Waals surface area contributed by atoms with Crippen molar-refractivity contribution in [2.24, 2.45) is 0 Å². The van der Waals surface area contributed by atoms with Crippen LogP contribution in [0.4, 0.5) is 4.79 Å². The molecule has 27 heavy (non-hydrogen) atoms. The van der Waals surface area contributed by atoms with Gasteiger partial charge in [0.25, 0.3) is 0 Å². The Balaban J connectivity index is 1.81. The number of hydrogen-bond donors (Lipinski definition) is 0. The average Bonchev–Trinajstić information content (AvgIpc) is 3.10. The van der Waals surface area contributed by atoms with Crippen LogP contribution in [0, 0.1) is 0 Å². The molecule has 142 valence electrons. The Morgan fingerprint density at radius 1 is 1.19 bits per heavy atom. The number of cyclic esters (lactones) is 1. The van der Waals surface area contributed by atoms with Gasteiger partial charge in [0.05, 0.1) is 12.0 Å². The molecule has 8 heteroatoms. The van der Waals surface area contributed by atoms with Gasteiger partial charge in [-0.1, -0.05) is 30.3 Å². The summed E-state index contributed by atoms with van der Waals surface area (Å²) in [4.78, 5) is 12.3. The molecule has 0 saturated carbocycles. The first-order chi connectivity index (χ1) is 13.0. The van der Waals surface area contributed by atoms with E-state index in [1.807, 2.05) is 22.5 Å². The molecule has 6 nitrogen and oxygen atoms in total. The highest BCUT2D eigenvalue weighted by Crippen LogP contribution is 2.47.